The van der Waals surface area contributed by atoms with E-state index in [0.29, 0.717) is 5.70 Å². The van der Waals surface area contributed by atoms with Crippen molar-refractivity contribution in [2.45, 2.75) is 26.2 Å². The van der Waals surface area contributed by atoms with E-state index in [2.05, 4.69) is 49.7 Å². The summed E-state index contributed by atoms with van der Waals surface area (Å²) in [6, 6.07) is 16.3. The molecule has 24 heavy (non-hydrogen) atoms. The van der Waals surface area contributed by atoms with Crippen LogP contribution in [-0.4, -0.2) is 5.71 Å². The average molecular weight is 339 g/mol. The Bertz CT molecular complexity index is 766. The lowest BCUT2D eigenvalue weighted by molar-refractivity contribution is 0.641. The van der Waals surface area contributed by atoms with Crippen molar-refractivity contribution >= 4 is 23.0 Å². The van der Waals surface area contributed by atoms with Gasteiger partial charge < -0.3 is 5.73 Å². The molecule has 124 valence electrons. The summed E-state index contributed by atoms with van der Waals surface area (Å²) in [6.07, 6.45) is 3.41. The monoisotopic (exact) mass is 338 g/mol. The molecule has 0 amide bonds. The van der Waals surface area contributed by atoms with Crippen molar-refractivity contribution in [2.24, 2.45) is 10.7 Å². The number of rotatable bonds is 5. The van der Waals surface area contributed by atoms with Crippen LogP contribution in [0.25, 0.3) is 0 Å². The van der Waals surface area contributed by atoms with E-state index in [1.54, 1.807) is 12.2 Å². The SMILES string of the molecule is C=CC(N)=CC(C)=Nc1ccc(C(C)(C)c2ccc(Cl)cc2)cc1. The Balaban J connectivity index is 2.27. The molecule has 0 bridgehead atoms. The second kappa shape index (κ2) is 7.50. The molecule has 0 aliphatic heterocycles. The highest BCUT2D eigenvalue weighted by atomic mass is 35.5. The highest BCUT2D eigenvalue weighted by Crippen LogP contribution is 2.33. The summed E-state index contributed by atoms with van der Waals surface area (Å²) >= 11 is 5.99. The number of benzene rings is 2. The molecular weight excluding hydrogens is 316 g/mol. The second-order valence-corrected chi connectivity index (χ2v) is 6.72. The summed E-state index contributed by atoms with van der Waals surface area (Å²) in [5.74, 6) is 0. The Morgan fingerprint density at radius 3 is 2.04 bits per heavy atom. The fourth-order valence-electron chi connectivity index (χ4n) is 2.52. The molecule has 0 spiro atoms. The molecule has 0 radical (unpaired) electrons. The van der Waals surface area contributed by atoms with E-state index in [0.717, 1.165) is 16.4 Å². The first-order chi connectivity index (χ1) is 11.3. The van der Waals surface area contributed by atoms with E-state index in [9.17, 15) is 0 Å². The molecule has 0 atom stereocenters. The zero-order chi connectivity index (χ0) is 17.7. The summed E-state index contributed by atoms with van der Waals surface area (Å²) in [7, 11) is 0. The summed E-state index contributed by atoms with van der Waals surface area (Å²) in [5, 5.41) is 0.751. The minimum absolute atomic E-state index is 0.102. The minimum Gasteiger partial charge on any atom is -0.399 e. The van der Waals surface area contributed by atoms with Crippen molar-refractivity contribution in [2.75, 3.05) is 0 Å². The van der Waals surface area contributed by atoms with Crippen LogP contribution in [0.3, 0.4) is 0 Å². The lowest BCUT2D eigenvalue weighted by Crippen LogP contribution is -2.18. The maximum Gasteiger partial charge on any atom is 0.0633 e. The Morgan fingerprint density at radius 2 is 1.54 bits per heavy atom. The molecule has 0 heterocycles. The smallest absolute Gasteiger partial charge is 0.0633 e. The largest absolute Gasteiger partial charge is 0.399 e. The topological polar surface area (TPSA) is 38.4 Å². The predicted molar refractivity (Wildman–Crippen MR) is 105 cm³/mol. The van der Waals surface area contributed by atoms with Gasteiger partial charge in [-0.25, -0.2) is 0 Å². The summed E-state index contributed by atoms with van der Waals surface area (Å²) < 4.78 is 0. The van der Waals surface area contributed by atoms with Gasteiger partial charge in [-0.1, -0.05) is 56.3 Å². The first kappa shape index (κ1) is 18.0. The lowest BCUT2D eigenvalue weighted by atomic mass is 9.78. The number of nitrogens with zero attached hydrogens (tertiary/aromatic N) is 1. The highest BCUT2D eigenvalue weighted by molar-refractivity contribution is 6.30. The second-order valence-electron chi connectivity index (χ2n) is 6.28. The predicted octanol–water partition coefficient (Wildman–Crippen LogP) is 5.79. The Labute approximate surface area is 149 Å². The number of halogens is 1. The maximum absolute atomic E-state index is 5.99. The van der Waals surface area contributed by atoms with Gasteiger partial charge in [-0.05, 0) is 54.5 Å². The van der Waals surface area contributed by atoms with Gasteiger partial charge in [-0.2, -0.15) is 0 Å². The van der Waals surface area contributed by atoms with Crippen molar-refractivity contribution in [3.05, 3.63) is 89.1 Å². The number of allylic oxidation sites excluding steroid dienone is 2. The van der Waals surface area contributed by atoms with Gasteiger partial charge in [0.1, 0.15) is 0 Å². The molecule has 0 unspecified atom stereocenters. The van der Waals surface area contributed by atoms with Crippen LogP contribution in [-0.2, 0) is 5.41 Å². The van der Waals surface area contributed by atoms with Crippen LogP contribution in [0, 0.1) is 0 Å². The third-order valence-corrected chi connectivity index (χ3v) is 4.32. The molecule has 2 aromatic rings. The van der Waals surface area contributed by atoms with Gasteiger partial charge in [0, 0.05) is 21.8 Å². The molecule has 0 saturated heterocycles. The van der Waals surface area contributed by atoms with Gasteiger partial charge in [-0.3, -0.25) is 4.99 Å². The molecule has 0 aliphatic carbocycles. The van der Waals surface area contributed by atoms with Crippen molar-refractivity contribution in [1.29, 1.82) is 0 Å². The molecule has 0 fully saturated rings. The van der Waals surface area contributed by atoms with Crippen molar-refractivity contribution in [1.82, 2.24) is 0 Å². The fourth-order valence-corrected chi connectivity index (χ4v) is 2.65. The Kier molecular flexibility index (Phi) is 5.63. The Hall–Kier alpha value is -2.32. The quantitative estimate of drug-likeness (QED) is 0.544. The number of hydrogen-bond donors (Lipinski definition) is 1. The minimum atomic E-state index is -0.102. The summed E-state index contributed by atoms with van der Waals surface area (Å²) in [6.45, 7) is 9.96. The summed E-state index contributed by atoms with van der Waals surface area (Å²) in [4.78, 5) is 4.55. The molecule has 2 N–H and O–H groups in total. The van der Waals surface area contributed by atoms with E-state index in [1.807, 2.05) is 31.2 Å². The van der Waals surface area contributed by atoms with Crippen LogP contribution in [0.5, 0.6) is 0 Å². The molecule has 2 nitrogen and oxygen atoms in total. The van der Waals surface area contributed by atoms with Crippen LogP contribution in [0.2, 0.25) is 5.02 Å². The molecular formula is C21H23ClN2. The van der Waals surface area contributed by atoms with E-state index in [1.165, 1.54) is 11.1 Å². The number of nitrogens with two attached hydrogens (primary N) is 1. The van der Waals surface area contributed by atoms with Gasteiger partial charge in [0.05, 0.1) is 5.69 Å². The van der Waals surface area contributed by atoms with E-state index in [-0.39, 0.29) is 5.41 Å². The van der Waals surface area contributed by atoms with Crippen molar-refractivity contribution in [3.63, 3.8) is 0 Å². The third kappa shape index (κ3) is 4.36. The van der Waals surface area contributed by atoms with Gasteiger partial charge in [0.15, 0.2) is 0 Å². The van der Waals surface area contributed by atoms with E-state index in [4.69, 9.17) is 17.3 Å². The van der Waals surface area contributed by atoms with Crippen LogP contribution >= 0.6 is 11.6 Å². The first-order valence-electron chi connectivity index (χ1n) is 7.84. The van der Waals surface area contributed by atoms with Crippen molar-refractivity contribution < 1.29 is 0 Å². The van der Waals surface area contributed by atoms with Gasteiger partial charge >= 0.3 is 0 Å². The molecule has 3 heteroatoms. The van der Waals surface area contributed by atoms with Crippen LogP contribution in [0.1, 0.15) is 31.9 Å². The van der Waals surface area contributed by atoms with Crippen LogP contribution in [0.15, 0.2) is 78.0 Å². The number of aliphatic imine (C=N–C) groups is 1. The highest BCUT2D eigenvalue weighted by Gasteiger charge is 2.22. The normalized spacial score (nSPS) is 13.0. The number of hydrogen-bond acceptors (Lipinski definition) is 2. The van der Waals surface area contributed by atoms with Crippen LogP contribution in [0.4, 0.5) is 5.69 Å². The molecule has 2 aromatic carbocycles. The zero-order valence-corrected chi connectivity index (χ0v) is 15.1. The zero-order valence-electron chi connectivity index (χ0n) is 14.4. The Morgan fingerprint density at radius 1 is 1.04 bits per heavy atom. The molecule has 2 rings (SSSR count). The van der Waals surface area contributed by atoms with E-state index < -0.39 is 0 Å². The van der Waals surface area contributed by atoms with E-state index >= 15 is 0 Å². The molecule has 0 aromatic heterocycles. The van der Waals surface area contributed by atoms with Crippen LogP contribution < -0.4 is 5.73 Å². The van der Waals surface area contributed by atoms with Crippen molar-refractivity contribution in [3.8, 4) is 0 Å². The van der Waals surface area contributed by atoms with Gasteiger partial charge in [0.25, 0.3) is 0 Å². The summed E-state index contributed by atoms with van der Waals surface area (Å²) in [5.41, 5.74) is 10.4. The maximum atomic E-state index is 5.99. The third-order valence-electron chi connectivity index (χ3n) is 4.07. The van der Waals surface area contributed by atoms with Gasteiger partial charge in [-0.15, -0.1) is 0 Å². The first-order valence-corrected chi connectivity index (χ1v) is 8.22. The average Bonchev–Trinajstić information content (AvgIpc) is 2.55. The standard InChI is InChI=1S/C21H23ClN2/c1-5-19(23)14-15(2)24-20-12-8-17(9-13-20)21(3,4)16-6-10-18(22)11-7-16/h5-14H,1,23H2,2-4H3. The fraction of sp³-hybridized carbons (Fsp3) is 0.190. The lowest BCUT2D eigenvalue weighted by Gasteiger charge is -2.26. The molecule has 0 aliphatic rings. The van der Waals surface area contributed by atoms with Gasteiger partial charge in [0.2, 0.25) is 0 Å². The molecule has 0 saturated carbocycles.